The van der Waals surface area contributed by atoms with E-state index in [0.29, 0.717) is 15.9 Å². The number of rotatable bonds is 4. The van der Waals surface area contributed by atoms with Gasteiger partial charge < -0.3 is 10.5 Å². The van der Waals surface area contributed by atoms with Gasteiger partial charge in [-0.05, 0) is 32.0 Å². The van der Waals surface area contributed by atoms with E-state index in [1.165, 1.54) is 6.20 Å². The van der Waals surface area contributed by atoms with E-state index >= 15 is 0 Å². The number of aromatic nitrogens is 1. The average molecular weight is 337 g/mol. The van der Waals surface area contributed by atoms with E-state index in [0.717, 1.165) is 0 Å². The van der Waals surface area contributed by atoms with Gasteiger partial charge in [0, 0.05) is 16.6 Å². The first-order valence-electron chi connectivity index (χ1n) is 6.93. The summed E-state index contributed by atoms with van der Waals surface area (Å²) in [7, 11) is 0. The lowest BCUT2D eigenvalue weighted by Gasteiger charge is -2.11. The minimum Gasteiger partial charge on any atom is -0.397 e. The summed E-state index contributed by atoms with van der Waals surface area (Å²) in [5.41, 5.74) is 11.5. The molecule has 0 saturated carbocycles. The highest BCUT2D eigenvalue weighted by molar-refractivity contribution is 6.31. The number of hydrogen-bond donors (Lipinski definition) is 3. The summed E-state index contributed by atoms with van der Waals surface area (Å²) in [6, 6.07) is 5.02. The average Bonchev–Trinajstić information content (AvgIpc) is 2.51. The summed E-state index contributed by atoms with van der Waals surface area (Å²) in [5, 5.41) is 1.06. The summed E-state index contributed by atoms with van der Waals surface area (Å²) in [6.45, 7) is 3.45. The topological polar surface area (TPSA) is 106 Å². The molecule has 0 aliphatic heterocycles. The van der Waals surface area contributed by atoms with Crippen LogP contribution in [-0.4, -0.2) is 29.5 Å². The van der Waals surface area contributed by atoms with Crippen molar-refractivity contribution in [1.82, 2.24) is 15.8 Å². The van der Waals surface area contributed by atoms with Crippen LogP contribution in [0.4, 0.5) is 5.69 Å². The fourth-order valence-electron chi connectivity index (χ4n) is 1.84. The quantitative estimate of drug-likeness (QED) is 0.736. The molecular weight excluding hydrogens is 320 g/mol. The van der Waals surface area contributed by atoms with Crippen molar-refractivity contribution in [2.75, 3.05) is 12.3 Å². The molecule has 2 rings (SSSR count). The summed E-state index contributed by atoms with van der Waals surface area (Å²) in [6.07, 6.45) is 1.26. The van der Waals surface area contributed by atoms with E-state index in [2.05, 4.69) is 15.8 Å². The molecule has 1 heterocycles. The number of nitrogens with zero attached hydrogens (tertiary/aromatic N) is 1. The number of benzene rings is 1. The van der Waals surface area contributed by atoms with Crippen LogP contribution < -0.4 is 16.6 Å². The summed E-state index contributed by atoms with van der Waals surface area (Å²) < 4.78 is 5.12. The standard InChI is InChI=1S/C15H17ClN4O3/c1-8(2)23-7-13(21)19-20-15(22)11-6-18-12-4-3-9(16)5-10(12)14(11)17/h3-6,8H,7H2,1-2H3,(H2,17,18)(H,19,21)(H,20,22). The molecule has 0 atom stereocenters. The molecule has 1 aromatic heterocycles. The van der Waals surface area contributed by atoms with Gasteiger partial charge in [0.15, 0.2) is 0 Å². The highest BCUT2D eigenvalue weighted by atomic mass is 35.5. The number of fused-ring (bicyclic) bond motifs is 1. The Labute approximate surface area is 138 Å². The number of pyridine rings is 1. The van der Waals surface area contributed by atoms with Crippen LogP contribution in [0.5, 0.6) is 0 Å². The minimum atomic E-state index is -0.574. The van der Waals surface area contributed by atoms with Gasteiger partial charge in [0.1, 0.15) is 6.61 Å². The number of halogens is 1. The van der Waals surface area contributed by atoms with Crippen molar-refractivity contribution in [2.45, 2.75) is 20.0 Å². The first-order valence-corrected chi connectivity index (χ1v) is 7.31. The monoisotopic (exact) mass is 336 g/mol. The fourth-order valence-corrected chi connectivity index (χ4v) is 2.01. The Bertz CT molecular complexity index is 749. The molecule has 0 spiro atoms. The molecule has 4 N–H and O–H groups in total. The van der Waals surface area contributed by atoms with Crippen molar-refractivity contribution in [3.63, 3.8) is 0 Å². The molecule has 1 aromatic carbocycles. The molecule has 8 heteroatoms. The molecule has 0 fully saturated rings. The number of nitrogens with two attached hydrogens (primary N) is 1. The van der Waals surface area contributed by atoms with Gasteiger partial charge in [0.2, 0.25) is 0 Å². The van der Waals surface area contributed by atoms with Crippen molar-refractivity contribution in [3.05, 3.63) is 35.0 Å². The zero-order chi connectivity index (χ0) is 17.0. The van der Waals surface area contributed by atoms with Crippen LogP contribution in [0, 0.1) is 0 Å². The molecule has 2 amide bonds. The van der Waals surface area contributed by atoms with Gasteiger partial charge in [-0.15, -0.1) is 0 Å². The van der Waals surface area contributed by atoms with Crippen LogP contribution in [0.2, 0.25) is 5.02 Å². The van der Waals surface area contributed by atoms with Crippen molar-refractivity contribution in [1.29, 1.82) is 0 Å². The molecule has 0 aliphatic rings. The molecule has 23 heavy (non-hydrogen) atoms. The molecule has 0 aliphatic carbocycles. The second-order valence-electron chi connectivity index (χ2n) is 5.11. The Kier molecular flexibility index (Phi) is 5.36. The second kappa shape index (κ2) is 7.26. The van der Waals surface area contributed by atoms with Crippen LogP contribution in [-0.2, 0) is 9.53 Å². The largest absolute Gasteiger partial charge is 0.397 e. The van der Waals surface area contributed by atoms with Gasteiger partial charge >= 0.3 is 0 Å². The van der Waals surface area contributed by atoms with Gasteiger partial charge in [0.05, 0.1) is 22.9 Å². The number of ether oxygens (including phenoxy) is 1. The van der Waals surface area contributed by atoms with Crippen molar-refractivity contribution < 1.29 is 14.3 Å². The number of amides is 2. The van der Waals surface area contributed by atoms with Crippen molar-refractivity contribution >= 4 is 40.0 Å². The maximum atomic E-state index is 12.1. The molecule has 0 radical (unpaired) electrons. The van der Waals surface area contributed by atoms with E-state index < -0.39 is 11.8 Å². The SMILES string of the molecule is CC(C)OCC(=O)NNC(=O)c1cnc2ccc(Cl)cc2c1N. The Morgan fingerprint density at radius 1 is 1.35 bits per heavy atom. The Balaban J connectivity index is 2.09. The van der Waals surface area contributed by atoms with E-state index in [1.807, 2.05) is 0 Å². The highest BCUT2D eigenvalue weighted by Gasteiger charge is 2.14. The third-order valence-electron chi connectivity index (χ3n) is 2.98. The number of nitrogen functional groups attached to an aromatic ring is 1. The predicted molar refractivity (Wildman–Crippen MR) is 87.9 cm³/mol. The van der Waals surface area contributed by atoms with Crippen LogP contribution >= 0.6 is 11.6 Å². The number of carbonyl (C=O) groups is 2. The number of hydrazine groups is 1. The molecule has 0 saturated heterocycles. The summed E-state index contributed by atoms with van der Waals surface area (Å²) in [4.78, 5) is 27.8. The smallest absolute Gasteiger partial charge is 0.273 e. The zero-order valence-corrected chi connectivity index (χ0v) is 13.5. The molecule has 2 aromatic rings. The lowest BCUT2D eigenvalue weighted by Crippen LogP contribution is -2.43. The summed E-state index contributed by atoms with van der Waals surface area (Å²) in [5.74, 6) is -1.04. The van der Waals surface area contributed by atoms with Gasteiger partial charge in [-0.3, -0.25) is 25.4 Å². The van der Waals surface area contributed by atoms with Crippen LogP contribution in [0.25, 0.3) is 10.9 Å². The second-order valence-corrected chi connectivity index (χ2v) is 5.55. The number of carbonyl (C=O) groups excluding carboxylic acids is 2. The lowest BCUT2D eigenvalue weighted by atomic mass is 10.1. The zero-order valence-electron chi connectivity index (χ0n) is 12.7. The van der Waals surface area contributed by atoms with Crippen molar-refractivity contribution in [3.8, 4) is 0 Å². The van der Waals surface area contributed by atoms with E-state index in [4.69, 9.17) is 22.1 Å². The van der Waals surface area contributed by atoms with Crippen LogP contribution in [0.1, 0.15) is 24.2 Å². The first kappa shape index (κ1) is 17.0. The maximum Gasteiger partial charge on any atom is 0.273 e. The van der Waals surface area contributed by atoms with Crippen molar-refractivity contribution in [2.24, 2.45) is 0 Å². The first-order chi connectivity index (χ1) is 10.9. The predicted octanol–water partition coefficient (Wildman–Crippen LogP) is 1.66. The highest BCUT2D eigenvalue weighted by Crippen LogP contribution is 2.25. The van der Waals surface area contributed by atoms with Gasteiger partial charge in [-0.2, -0.15) is 0 Å². The Morgan fingerprint density at radius 3 is 2.78 bits per heavy atom. The van der Waals surface area contributed by atoms with Gasteiger partial charge in [-0.25, -0.2) is 0 Å². The number of nitrogens with one attached hydrogen (secondary N) is 2. The molecule has 7 nitrogen and oxygen atoms in total. The fraction of sp³-hybridized carbons (Fsp3) is 0.267. The van der Waals surface area contributed by atoms with Gasteiger partial charge in [0.25, 0.3) is 11.8 Å². The Morgan fingerprint density at radius 2 is 2.09 bits per heavy atom. The normalized spacial score (nSPS) is 10.8. The molecule has 122 valence electrons. The van der Waals surface area contributed by atoms with E-state index in [1.54, 1.807) is 32.0 Å². The number of hydrogen-bond acceptors (Lipinski definition) is 5. The van der Waals surface area contributed by atoms with Crippen LogP contribution in [0.3, 0.4) is 0 Å². The van der Waals surface area contributed by atoms with Crippen LogP contribution in [0.15, 0.2) is 24.4 Å². The molecule has 0 bridgehead atoms. The Hall–Kier alpha value is -2.38. The van der Waals surface area contributed by atoms with Gasteiger partial charge in [-0.1, -0.05) is 11.6 Å². The third-order valence-corrected chi connectivity index (χ3v) is 3.21. The lowest BCUT2D eigenvalue weighted by molar-refractivity contribution is -0.127. The van der Waals surface area contributed by atoms with E-state index in [-0.39, 0.29) is 24.0 Å². The molecule has 0 unspecified atom stereocenters. The number of anilines is 1. The third kappa shape index (κ3) is 4.30. The molecular formula is C15H17ClN4O3. The van der Waals surface area contributed by atoms with E-state index in [9.17, 15) is 9.59 Å². The minimum absolute atomic E-state index is 0.0819. The summed E-state index contributed by atoms with van der Waals surface area (Å²) >= 11 is 5.93. The maximum absolute atomic E-state index is 12.1.